The van der Waals surface area contributed by atoms with E-state index in [2.05, 4.69) is 4.98 Å². The zero-order chi connectivity index (χ0) is 11.0. The highest BCUT2D eigenvalue weighted by atomic mass is 19.1. The predicted molar refractivity (Wildman–Crippen MR) is 58.8 cm³/mol. The fraction of sp³-hybridized carbons (Fsp3) is 0.154. The van der Waals surface area contributed by atoms with Gasteiger partial charge >= 0.3 is 0 Å². The fourth-order valence-corrected chi connectivity index (χ4v) is 1.97. The van der Waals surface area contributed by atoms with Crippen LogP contribution in [0, 0.1) is 5.82 Å². The van der Waals surface area contributed by atoms with Crippen LogP contribution in [-0.4, -0.2) is 11.6 Å². The Morgan fingerprint density at radius 3 is 3.06 bits per heavy atom. The molecule has 0 saturated heterocycles. The molecule has 2 aromatic rings. The van der Waals surface area contributed by atoms with Crippen molar-refractivity contribution in [2.45, 2.75) is 6.42 Å². The number of benzene rings is 1. The van der Waals surface area contributed by atoms with Crippen molar-refractivity contribution in [3.05, 3.63) is 47.9 Å². The van der Waals surface area contributed by atoms with Crippen molar-refractivity contribution in [1.82, 2.24) is 4.98 Å². The summed E-state index contributed by atoms with van der Waals surface area (Å²) in [6, 6.07) is 8.66. The van der Waals surface area contributed by atoms with Gasteiger partial charge in [0.2, 0.25) is 0 Å². The highest BCUT2D eigenvalue weighted by Gasteiger charge is 2.17. The standard InChI is InChI=1S/C13H10FNO/c14-10-4-6-15-12(8-10)11-3-1-2-9-5-7-16-13(9)11/h1-4,6,8H,5,7H2. The van der Waals surface area contributed by atoms with E-state index in [4.69, 9.17) is 4.74 Å². The van der Waals surface area contributed by atoms with Crippen LogP contribution in [0.4, 0.5) is 4.39 Å². The van der Waals surface area contributed by atoms with Crippen molar-refractivity contribution >= 4 is 0 Å². The first-order valence-electron chi connectivity index (χ1n) is 5.21. The summed E-state index contributed by atoms with van der Waals surface area (Å²) in [4.78, 5) is 4.17. The summed E-state index contributed by atoms with van der Waals surface area (Å²) < 4.78 is 18.7. The van der Waals surface area contributed by atoms with E-state index in [0.717, 1.165) is 17.7 Å². The summed E-state index contributed by atoms with van der Waals surface area (Å²) in [5.74, 6) is 0.571. The highest BCUT2D eigenvalue weighted by Crippen LogP contribution is 2.35. The van der Waals surface area contributed by atoms with Gasteiger partial charge in [-0.05, 0) is 17.7 Å². The maximum Gasteiger partial charge on any atom is 0.132 e. The van der Waals surface area contributed by atoms with Crippen molar-refractivity contribution in [1.29, 1.82) is 0 Å². The summed E-state index contributed by atoms with van der Waals surface area (Å²) in [6.45, 7) is 0.696. The van der Waals surface area contributed by atoms with Crippen LogP contribution in [-0.2, 0) is 6.42 Å². The lowest BCUT2D eigenvalue weighted by Crippen LogP contribution is -1.90. The molecule has 1 aromatic heterocycles. The van der Waals surface area contributed by atoms with Gasteiger partial charge in [0.05, 0.1) is 12.3 Å². The molecule has 3 heteroatoms. The van der Waals surface area contributed by atoms with Crippen molar-refractivity contribution in [3.8, 4) is 17.0 Å². The number of fused-ring (bicyclic) bond motifs is 1. The van der Waals surface area contributed by atoms with Crippen LogP contribution in [0.5, 0.6) is 5.75 Å². The molecule has 0 amide bonds. The zero-order valence-electron chi connectivity index (χ0n) is 8.61. The zero-order valence-corrected chi connectivity index (χ0v) is 8.61. The summed E-state index contributed by atoms with van der Waals surface area (Å²) >= 11 is 0. The average molecular weight is 215 g/mol. The fourth-order valence-electron chi connectivity index (χ4n) is 1.97. The molecule has 0 atom stereocenters. The Morgan fingerprint density at radius 1 is 1.25 bits per heavy atom. The van der Waals surface area contributed by atoms with Crippen LogP contribution in [0.2, 0.25) is 0 Å². The van der Waals surface area contributed by atoms with E-state index in [9.17, 15) is 4.39 Å². The van der Waals surface area contributed by atoms with Gasteiger partial charge in [-0.25, -0.2) is 4.39 Å². The van der Waals surface area contributed by atoms with Gasteiger partial charge in [0.1, 0.15) is 11.6 Å². The van der Waals surface area contributed by atoms with Crippen molar-refractivity contribution in [3.63, 3.8) is 0 Å². The van der Waals surface area contributed by atoms with Gasteiger partial charge in [0.15, 0.2) is 0 Å². The largest absolute Gasteiger partial charge is 0.492 e. The smallest absolute Gasteiger partial charge is 0.132 e. The molecule has 0 radical (unpaired) electrons. The van der Waals surface area contributed by atoms with E-state index in [0.29, 0.717) is 12.3 Å². The maximum absolute atomic E-state index is 13.1. The van der Waals surface area contributed by atoms with Gasteiger partial charge in [-0.15, -0.1) is 0 Å². The number of rotatable bonds is 1. The lowest BCUT2D eigenvalue weighted by Gasteiger charge is -2.06. The number of para-hydroxylation sites is 1. The number of hydrogen-bond donors (Lipinski definition) is 0. The van der Waals surface area contributed by atoms with Crippen molar-refractivity contribution in [2.75, 3.05) is 6.61 Å². The lowest BCUT2D eigenvalue weighted by atomic mass is 10.1. The number of nitrogens with zero attached hydrogens (tertiary/aromatic N) is 1. The first-order valence-corrected chi connectivity index (χ1v) is 5.21. The lowest BCUT2D eigenvalue weighted by molar-refractivity contribution is 0.358. The third-order valence-corrected chi connectivity index (χ3v) is 2.71. The second kappa shape index (κ2) is 3.59. The first-order chi connectivity index (χ1) is 7.84. The van der Waals surface area contributed by atoms with Gasteiger partial charge in [-0.1, -0.05) is 12.1 Å². The Hall–Kier alpha value is -1.90. The quantitative estimate of drug-likeness (QED) is 0.729. The van der Waals surface area contributed by atoms with E-state index < -0.39 is 0 Å². The molecule has 0 bridgehead atoms. The number of aromatic nitrogens is 1. The molecule has 0 fully saturated rings. The molecular weight excluding hydrogens is 205 g/mol. The van der Waals surface area contributed by atoms with E-state index in [1.54, 1.807) is 0 Å². The first kappa shape index (κ1) is 9.33. The van der Waals surface area contributed by atoms with Crippen molar-refractivity contribution in [2.24, 2.45) is 0 Å². The number of pyridine rings is 1. The number of ether oxygens (including phenoxy) is 1. The molecule has 2 heterocycles. The summed E-state index contributed by atoms with van der Waals surface area (Å²) in [5, 5.41) is 0. The van der Waals surface area contributed by atoms with Crippen LogP contribution in [0.3, 0.4) is 0 Å². The SMILES string of the molecule is Fc1ccnc(-c2cccc3c2OCC3)c1. The van der Waals surface area contributed by atoms with E-state index >= 15 is 0 Å². The third-order valence-electron chi connectivity index (χ3n) is 2.71. The molecule has 3 rings (SSSR count). The minimum absolute atomic E-state index is 0.277. The van der Waals surface area contributed by atoms with Crippen LogP contribution >= 0.6 is 0 Å². The molecule has 0 saturated carbocycles. The molecule has 80 valence electrons. The molecule has 1 aliphatic heterocycles. The molecule has 0 aliphatic carbocycles. The Labute approximate surface area is 92.7 Å². The minimum Gasteiger partial charge on any atom is -0.492 e. The van der Waals surface area contributed by atoms with Gasteiger partial charge in [-0.2, -0.15) is 0 Å². The molecular formula is C13H10FNO. The van der Waals surface area contributed by atoms with E-state index in [-0.39, 0.29) is 5.82 Å². The summed E-state index contributed by atoms with van der Waals surface area (Å²) in [6.07, 6.45) is 2.39. The topological polar surface area (TPSA) is 22.1 Å². The van der Waals surface area contributed by atoms with Crippen LogP contribution in [0.15, 0.2) is 36.5 Å². The molecule has 1 aliphatic rings. The van der Waals surface area contributed by atoms with Crippen LogP contribution < -0.4 is 4.74 Å². The molecule has 0 unspecified atom stereocenters. The van der Waals surface area contributed by atoms with Gasteiger partial charge in [0.25, 0.3) is 0 Å². The molecule has 2 nitrogen and oxygen atoms in total. The van der Waals surface area contributed by atoms with E-state index in [1.165, 1.54) is 23.9 Å². The average Bonchev–Trinajstić information content (AvgIpc) is 2.76. The molecule has 0 N–H and O–H groups in total. The number of hydrogen-bond acceptors (Lipinski definition) is 2. The monoisotopic (exact) mass is 215 g/mol. The van der Waals surface area contributed by atoms with Crippen molar-refractivity contribution < 1.29 is 9.13 Å². The number of halogens is 1. The van der Waals surface area contributed by atoms with E-state index in [1.807, 2.05) is 18.2 Å². The Morgan fingerprint density at radius 2 is 2.19 bits per heavy atom. The van der Waals surface area contributed by atoms with Gasteiger partial charge in [0, 0.05) is 24.2 Å². The normalized spacial score (nSPS) is 13.3. The molecule has 16 heavy (non-hydrogen) atoms. The second-order valence-electron chi connectivity index (χ2n) is 3.75. The summed E-state index contributed by atoms with van der Waals surface area (Å²) in [5.41, 5.74) is 2.66. The third kappa shape index (κ3) is 1.45. The molecule has 1 aromatic carbocycles. The Kier molecular flexibility index (Phi) is 2.10. The Balaban J connectivity index is 2.17. The second-order valence-corrected chi connectivity index (χ2v) is 3.75. The minimum atomic E-state index is -0.277. The van der Waals surface area contributed by atoms with Crippen LogP contribution in [0.25, 0.3) is 11.3 Å². The highest BCUT2D eigenvalue weighted by molar-refractivity contribution is 5.69. The summed E-state index contributed by atoms with van der Waals surface area (Å²) in [7, 11) is 0. The Bertz CT molecular complexity index is 539. The predicted octanol–water partition coefficient (Wildman–Crippen LogP) is 2.82. The van der Waals surface area contributed by atoms with Gasteiger partial charge < -0.3 is 4.74 Å². The van der Waals surface area contributed by atoms with Gasteiger partial charge in [-0.3, -0.25) is 4.98 Å². The molecule has 0 spiro atoms. The van der Waals surface area contributed by atoms with Crippen LogP contribution in [0.1, 0.15) is 5.56 Å². The maximum atomic E-state index is 13.1.